The zero-order valence-corrected chi connectivity index (χ0v) is 16.1. The van der Waals surface area contributed by atoms with Crippen LogP contribution in [0.15, 0.2) is 36.4 Å². The minimum atomic E-state index is 0.336. The van der Waals surface area contributed by atoms with Crippen LogP contribution in [0.25, 0.3) is 11.8 Å². The molecule has 0 aromatic heterocycles. The van der Waals surface area contributed by atoms with Gasteiger partial charge < -0.3 is 4.90 Å². The summed E-state index contributed by atoms with van der Waals surface area (Å²) in [4.78, 5) is 2.38. The molecule has 0 saturated heterocycles. The summed E-state index contributed by atoms with van der Waals surface area (Å²) in [5, 5.41) is 2.85. The molecule has 1 fully saturated rings. The van der Waals surface area contributed by atoms with Crippen LogP contribution >= 0.6 is 0 Å². The third kappa shape index (κ3) is 2.62. The first-order valence-electron chi connectivity index (χ1n) is 9.63. The molecule has 1 nitrogen and oxygen atoms in total. The molecule has 3 atom stereocenters. The highest BCUT2D eigenvalue weighted by atomic mass is 15.1. The number of benzene rings is 1. The summed E-state index contributed by atoms with van der Waals surface area (Å²) in [6, 6.07) is 8.92. The zero-order valence-electron chi connectivity index (χ0n) is 16.1. The van der Waals surface area contributed by atoms with Gasteiger partial charge in [-0.3, -0.25) is 0 Å². The lowest BCUT2D eigenvalue weighted by molar-refractivity contribution is 0.307. The first-order valence-corrected chi connectivity index (χ1v) is 9.63. The molecular formula is C23H33N. The van der Waals surface area contributed by atoms with Crippen LogP contribution in [0.4, 0.5) is 0 Å². The largest absolute Gasteiger partial charge is 0.380 e. The summed E-state index contributed by atoms with van der Waals surface area (Å²) in [5.74, 6) is 0.599. The van der Waals surface area contributed by atoms with Crippen molar-refractivity contribution in [2.45, 2.75) is 52.9 Å². The van der Waals surface area contributed by atoms with E-state index in [4.69, 9.17) is 0 Å². The molecule has 0 heterocycles. The highest BCUT2D eigenvalue weighted by Gasteiger charge is 2.65. The van der Waals surface area contributed by atoms with Gasteiger partial charge in [0, 0.05) is 36.3 Å². The third-order valence-corrected chi connectivity index (χ3v) is 6.38. The molecule has 0 aliphatic heterocycles. The summed E-state index contributed by atoms with van der Waals surface area (Å²) in [6.45, 7) is 7.10. The molecule has 0 bridgehead atoms. The number of hydrogen-bond donors (Lipinski definition) is 0. The van der Waals surface area contributed by atoms with Crippen molar-refractivity contribution in [3.63, 3.8) is 0 Å². The summed E-state index contributed by atoms with van der Waals surface area (Å²) in [7, 11) is 4.45. The Bertz CT molecular complexity index is 742. The average molecular weight is 324 g/mol. The fourth-order valence-corrected chi connectivity index (χ4v) is 5.18. The minimum absolute atomic E-state index is 0.336. The molecule has 0 amide bonds. The molecule has 1 aromatic rings. The van der Waals surface area contributed by atoms with Gasteiger partial charge in [-0.15, -0.1) is 0 Å². The molecule has 3 rings (SSSR count). The molecule has 130 valence electrons. The zero-order chi connectivity index (χ0) is 17.4. The van der Waals surface area contributed by atoms with Crippen LogP contribution in [0.2, 0.25) is 0 Å². The maximum absolute atomic E-state index is 2.58. The Morgan fingerprint density at radius 2 is 1.96 bits per heavy atom. The molecule has 3 unspecified atom stereocenters. The van der Waals surface area contributed by atoms with Crippen molar-refractivity contribution >= 4 is 11.8 Å². The second-order valence-electron chi connectivity index (χ2n) is 8.20. The van der Waals surface area contributed by atoms with Crippen LogP contribution in [-0.2, 0) is 0 Å². The monoisotopic (exact) mass is 323 g/mol. The van der Waals surface area contributed by atoms with Crippen LogP contribution < -0.4 is 10.4 Å². The molecule has 2 aliphatic carbocycles. The Labute approximate surface area is 147 Å². The van der Waals surface area contributed by atoms with E-state index in [1.165, 1.54) is 35.4 Å². The van der Waals surface area contributed by atoms with Crippen molar-refractivity contribution in [2.75, 3.05) is 14.1 Å². The number of nitrogens with zero attached hydrogens (tertiary/aromatic N) is 1. The quantitative estimate of drug-likeness (QED) is 0.705. The Kier molecular flexibility index (Phi) is 4.64. The first-order chi connectivity index (χ1) is 11.5. The van der Waals surface area contributed by atoms with Gasteiger partial charge in [0.25, 0.3) is 0 Å². The Morgan fingerprint density at radius 1 is 1.21 bits per heavy atom. The lowest BCUT2D eigenvalue weighted by atomic mass is 9.74. The molecule has 1 aromatic carbocycles. The topological polar surface area (TPSA) is 3.24 Å². The van der Waals surface area contributed by atoms with Gasteiger partial charge in [-0.25, -0.2) is 0 Å². The van der Waals surface area contributed by atoms with E-state index in [2.05, 4.69) is 82.3 Å². The Hall–Kier alpha value is -1.50. The molecule has 1 heteroatoms. The van der Waals surface area contributed by atoms with Crippen LogP contribution in [0.5, 0.6) is 0 Å². The SMILES string of the molecule is CCC=CC1(C2CC=c3ccccc3=C2N(C)C)CC1(C)CCC. The predicted octanol–water partition coefficient (Wildman–Crippen LogP) is 4.32. The molecule has 0 radical (unpaired) electrons. The number of rotatable bonds is 6. The van der Waals surface area contributed by atoms with E-state index in [0.717, 1.165) is 12.8 Å². The van der Waals surface area contributed by atoms with Crippen LogP contribution in [0.3, 0.4) is 0 Å². The fraction of sp³-hybridized carbons (Fsp3) is 0.565. The van der Waals surface area contributed by atoms with Crippen molar-refractivity contribution < 1.29 is 0 Å². The van der Waals surface area contributed by atoms with Gasteiger partial charge in [-0.1, -0.05) is 69.7 Å². The third-order valence-electron chi connectivity index (χ3n) is 6.38. The highest BCUT2D eigenvalue weighted by Crippen LogP contribution is 2.73. The standard InChI is InChI=1S/C23H33N/c1-6-8-16-23(17-22(23,3)15-7-2)20-14-13-18-11-9-10-12-19(18)21(20)24(4)5/h8-13,16,20H,6-7,14-15,17H2,1-5H3. The van der Waals surface area contributed by atoms with E-state index < -0.39 is 0 Å². The van der Waals surface area contributed by atoms with Crippen molar-refractivity contribution in [1.29, 1.82) is 0 Å². The Morgan fingerprint density at radius 3 is 2.62 bits per heavy atom. The number of allylic oxidation sites excluding steroid dienone is 2. The fourth-order valence-electron chi connectivity index (χ4n) is 5.18. The van der Waals surface area contributed by atoms with Gasteiger partial charge in [0.05, 0.1) is 0 Å². The lowest BCUT2D eigenvalue weighted by Crippen LogP contribution is -2.41. The smallest absolute Gasteiger partial charge is 0.0250 e. The van der Waals surface area contributed by atoms with Crippen molar-refractivity contribution in [2.24, 2.45) is 16.7 Å². The number of hydrogen-bond acceptors (Lipinski definition) is 1. The van der Waals surface area contributed by atoms with Crippen molar-refractivity contribution in [3.8, 4) is 0 Å². The highest BCUT2D eigenvalue weighted by molar-refractivity contribution is 5.56. The molecule has 2 aliphatic rings. The van der Waals surface area contributed by atoms with Gasteiger partial charge in [0.15, 0.2) is 0 Å². The van der Waals surface area contributed by atoms with Crippen LogP contribution in [0, 0.1) is 16.7 Å². The Balaban J connectivity index is 2.14. The van der Waals surface area contributed by atoms with Gasteiger partial charge >= 0.3 is 0 Å². The minimum Gasteiger partial charge on any atom is -0.380 e. The number of fused-ring (bicyclic) bond motifs is 1. The first kappa shape index (κ1) is 17.3. The van der Waals surface area contributed by atoms with E-state index in [-0.39, 0.29) is 0 Å². The van der Waals surface area contributed by atoms with E-state index in [9.17, 15) is 0 Å². The second kappa shape index (κ2) is 6.43. The maximum atomic E-state index is 2.58. The average Bonchev–Trinajstić information content (AvgIpc) is 3.17. The van der Waals surface area contributed by atoms with Gasteiger partial charge in [0.1, 0.15) is 0 Å². The molecule has 0 spiro atoms. The summed E-state index contributed by atoms with van der Waals surface area (Å²) in [5.41, 5.74) is 2.33. The van der Waals surface area contributed by atoms with Crippen LogP contribution in [0.1, 0.15) is 52.9 Å². The normalized spacial score (nSPS) is 31.7. The summed E-state index contributed by atoms with van der Waals surface area (Å²) in [6.07, 6.45) is 13.7. The molecular weight excluding hydrogens is 290 g/mol. The summed E-state index contributed by atoms with van der Waals surface area (Å²) >= 11 is 0. The summed E-state index contributed by atoms with van der Waals surface area (Å²) < 4.78 is 0. The van der Waals surface area contributed by atoms with E-state index in [0.29, 0.717) is 16.7 Å². The second-order valence-corrected chi connectivity index (χ2v) is 8.20. The van der Waals surface area contributed by atoms with Gasteiger partial charge in [0.2, 0.25) is 0 Å². The molecule has 1 saturated carbocycles. The van der Waals surface area contributed by atoms with Gasteiger partial charge in [-0.2, -0.15) is 0 Å². The molecule has 24 heavy (non-hydrogen) atoms. The van der Waals surface area contributed by atoms with E-state index in [1.54, 1.807) is 0 Å². The van der Waals surface area contributed by atoms with Gasteiger partial charge in [-0.05, 0) is 36.3 Å². The predicted molar refractivity (Wildman–Crippen MR) is 105 cm³/mol. The molecule has 0 N–H and O–H groups in total. The van der Waals surface area contributed by atoms with E-state index >= 15 is 0 Å². The van der Waals surface area contributed by atoms with Crippen LogP contribution in [-0.4, -0.2) is 19.0 Å². The lowest BCUT2D eigenvalue weighted by Gasteiger charge is -2.36. The van der Waals surface area contributed by atoms with Crippen molar-refractivity contribution in [1.82, 2.24) is 4.90 Å². The van der Waals surface area contributed by atoms with E-state index in [1.807, 2.05) is 0 Å². The van der Waals surface area contributed by atoms with Crippen molar-refractivity contribution in [3.05, 3.63) is 46.9 Å². The maximum Gasteiger partial charge on any atom is 0.0250 e.